The lowest BCUT2D eigenvalue weighted by molar-refractivity contribution is -0.0433. The second-order valence-electron chi connectivity index (χ2n) is 4.52. The molecule has 1 aliphatic rings. The molecule has 74 valence electrons. The van der Waals surface area contributed by atoms with Crippen molar-refractivity contribution in [3.8, 4) is 11.5 Å². The van der Waals surface area contributed by atoms with Gasteiger partial charge in [-0.25, -0.2) is 0 Å². The number of ether oxygens (including phenoxy) is 1. The van der Waals surface area contributed by atoms with Crippen molar-refractivity contribution in [3.05, 3.63) is 0 Å². The van der Waals surface area contributed by atoms with Gasteiger partial charge in [-0.15, -0.1) is 5.54 Å². The third kappa shape index (κ3) is 3.95. The fourth-order valence-corrected chi connectivity index (χ4v) is 1.77. The second-order valence-corrected chi connectivity index (χ2v) is 9.27. The number of rotatable bonds is 0. The highest BCUT2D eigenvalue weighted by atomic mass is 28.3. The third-order valence-electron chi connectivity index (χ3n) is 1.88. The summed E-state index contributed by atoms with van der Waals surface area (Å²) in [5.74, 6) is 3.05. The van der Waals surface area contributed by atoms with Gasteiger partial charge in [0, 0.05) is 6.61 Å². The minimum atomic E-state index is -1.32. The molecule has 0 aromatic rings. The normalized spacial score (nSPS) is 29.2. The van der Waals surface area contributed by atoms with Crippen molar-refractivity contribution in [2.24, 2.45) is 0 Å². The second kappa shape index (κ2) is 4.27. The number of hydrogen-bond donors (Lipinski definition) is 1. The molecule has 1 heterocycles. The van der Waals surface area contributed by atoms with Gasteiger partial charge in [-0.2, -0.15) is 0 Å². The standard InChI is InChI=1S/C10H18O2Si/c1-13(2,3)8-6-10-9(11)5-4-7-12-10/h9-11H,4-5,7H2,1-3H3/t9-,10-/m0/s1. The molecule has 0 unspecified atom stereocenters. The highest BCUT2D eigenvalue weighted by Crippen LogP contribution is 2.13. The van der Waals surface area contributed by atoms with E-state index in [-0.39, 0.29) is 12.2 Å². The summed E-state index contributed by atoms with van der Waals surface area (Å²) in [5, 5.41) is 9.55. The summed E-state index contributed by atoms with van der Waals surface area (Å²) in [6.07, 6.45) is 1.16. The fourth-order valence-electron chi connectivity index (χ4n) is 1.19. The predicted octanol–water partition coefficient (Wildman–Crippen LogP) is 1.41. The molecule has 1 fully saturated rings. The van der Waals surface area contributed by atoms with Crippen molar-refractivity contribution in [2.45, 2.75) is 44.7 Å². The van der Waals surface area contributed by atoms with Crippen molar-refractivity contribution in [1.82, 2.24) is 0 Å². The van der Waals surface area contributed by atoms with Gasteiger partial charge >= 0.3 is 0 Å². The predicted molar refractivity (Wildman–Crippen MR) is 56.1 cm³/mol. The Bertz CT molecular complexity index is 221. The van der Waals surface area contributed by atoms with E-state index in [1.54, 1.807) is 0 Å². The average Bonchev–Trinajstić information content (AvgIpc) is 2.01. The van der Waals surface area contributed by atoms with E-state index in [4.69, 9.17) is 4.74 Å². The molecule has 2 atom stereocenters. The van der Waals surface area contributed by atoms with Crippen LogP contribution in [0.3, 0.4) is 0 Å². The summed E-state index contributed by atoms with van der Waals surface area (Å²) in [5.41, 5.74) is 3.23. The molecular weight excluding hydrogens is 180 g/mol. The molecule has 0 amide bonds. The Kier molecular flexibility index (Phi) is 3.54. The van der Waals surface area contributed by atoms with Crippen LogP contribution in [0, 0.1) is 11.5 Å². The Morgan fingerprint density at radius 2 is 2.08 bits per heavy atom. The van der Waals surface area contributed by atoms with E-state index in [0.717, 1.165) is 19.4 Å². The van der Waals surface area contributed by atoms with Crippen LogP contribution < -0.4 is 0 Å². The zero-order valence-corrected chi connectivity index (χ0v) is 9.63. The maximum Gasteiger partial charge on any atom is 0.143 e. The van der Waals surface area contributed by atoms with E-state index < -0.39 is 8.07 Å². The molecule has 1 saturated heterocycles. The van der Waals surface area contributed by atoms with Gasteiger partial charge < -0.3 is 9.84 Å². The molecular formula is C10H18O2Si. The summed E-state index contributed by atoms with van der Waals surface area (Å²) in [6.45, 7) is 7.31. The summed E-state index contributed by atoms with van der Waals surface area (Å²) < 4.78 is 5.38. The fraction of sp³-hybridized carbons (Fsp3) is 0.800. The molecule has 0 saturated carbocycles. The van der Waals surface area contributed by atoms with Crippen molar-refractivity contribution in [3.63, 3.8) is 0 Å². The van der Waals surface area contributed by atoms with Crippen LogP contribution in [0.5, 0.6) is 0 Å². The van der Waals surface area contributed by atoms with Gasteiger partial charge in [-0.3, -0.25) is 0 Å². The minimum Gasteiger partial charge on any atom is -0.389 e. The largest absolute Gasteiger partial charge is 0.389 e. The van der Waals surface area contributed by atoms with Crippen LogP contribution >= 0.6 is 0 Å². The minimum absolute atomic E-state index is 0.236. The lowest BCUT2D eigenvalue weighted by atomic mass is 10.1. The molecule has 0 aliphatic carbocycles. The van der Waals surface area contributed by atoms with Crippen molar-refractivity contribution in [1.29, 1.82) is 0 Å². The van der Waals surface area contributed by atoms with E-state index in [9.17, 15) is 5.11 Å². The van der Waals surface area contributed by atoms with E-state index >= 15 is 0 Å². The van der Waals surface area contributed by atoms with Crippen LogP contribution in [0.2, 0.25) is 19.6 Å². The smallest absolute Gasteiger partial charge is 0.143 e. The van der Waals surface area contributed by atoms with E-state index in [2.05, 4.69) is 31.1 Å². The Labute approximate surface area is 81.3 Å². The molecule has 3 heteroatoms. The summed E-state index contributed by atoms with van der Waals surface area (Å²) in [6, 6.07) is 0. The van der Waals surface area contributed by atoms with Crippen LogP contribution in [0.25, 0.3) is 0 Å². The number of hydrogen-bond acceptors (Lipinski definition) is 2. The molecule has 13 heavy (non-hydrogen) atoms. The van der Waals surface area contributed by atoms with Gasteiger partial charge in [0.15, 0.2) is 0 Å². The Hall–Kier alpha value is -0.303. The van der Waals surface area contributed by atoms with Crippen LogP contribution in [-0.2, 0) is 4.74 Å². The lowest BCUT2D eigenvalue weighted by Crippen LogP contribution is -2.33. The van der Waals surface area contributed by atoms with Crippen LogP contribution in [0.15, 0.2) is 0 Å². The molecule has 0 radical (unpaired) electrons. The summed E-state index contributed by atoms with van der Waals surface area (Å²) >= 11 is 0. The van der Waals surface area contributed by atoms with Crippen LogP contribution in [0.1, 0.15) is 12.8 Å². The molecule has 0 spiro atoms. The van der Waals surface area contributed by atoms with Crippen LogP contribution in [0.4, 0.5) is 0 Å². The van der Waals surface area contributed by atoms with Gasteiger partial charge in [0.1, 0.15) is 14.2 Å². The van der Waals surface area contributed by atoms with Crippen molar-refractivity contribution >= 4 is 8.07 Å². The van der Waals surface area contributed by atoms with Crippen molar-refractivity contribution in [2.75, 3.05) is 6.61 Å². The maximum atomic E-state index is 9.55. The Morgan fingerprint density at radius 3 is 2.62 bits per heavy atom. The quantitative estimate of drug-likeness (QED) is 0.471. The lowest BCUT2D eigenvalue weighted by Gasteiger charge is -2.24. The van der Waals surface area contributed by atoms with Gasteiger partial charge in [0.05, 0.1) is 6.10 Å². The highest BCUT2D eigenvalue weighted by molar-refractivity contribution is 6.83. The monoisotopic (exact) mass is 198 g/mol. The molecule has 0 aromatic heterocycles. The van der Waals surface area contributed by atoms with Gasteiger partial charge in [-0.1, -0.05) is 25.6 Å². The topological polar surface area (TPSA) is 29.5 Å². The molecule has 0 bridgehead atoms. The zero-order chi connectivity index (χ0) is 9.90. The maximum absolute atomic E-state index is 9.55. The molecule has 0 aromatic carbocycles. The SMILES string of the molecule is C[Si](C)(C)C#C[C@@H]1OCCC[C@@H]1O. The first kappa shape index (κ1) is 10.8. The van der Waals surface area contributed by atoms with Crippen molar-refractivity contribution < 1.29 is 9.84 Å². The number of aliphatic hydroxyl groups is 1. The first-order valence-corrected chi connectivity index (χ1v) is 8.31. The third-order valence-corrected chi connectivity index (χ3v) is 2.77. The first-order valence-electron chi connectivity index (χ1n) is 4.81. The van der Waals surface area contributed by atoms with Crippen LogP contribution in [-0.4, -0.2) is 32.0 Å². The summed E-state index contributed by atoms with van der Waals surface area (Å²) in [7, 11) is -1.32. The first-order chi connectivity index (χ1) is 5.99. The van der Waals surface area contributed by atoms with E-state index in [1.165, 1.54) is 0 Å². The van der Waals surface area contributed by atoms with Gasteiger partial charge in [-0.05, 0) is 12.8 Å². The zero-order valence-electron chi connectivity index (χ0n) is 8.63. The Morgan fingerprint density at radius 1 is 1.38 bits per heavy atom. The Balaban J connectivity index is 2.54. The van der Waals surface area contributed by atoms with E-state index in [0.29, 0.717) is 0 Å². The number of aliphatic hydroxyl groups excluding tert-OH is 1. The van der Waals surface area contributed by atoms with E-state index in [1.807, 2.05) is 0 Å². The summed E-state index contributed by atoms with van der Waals surface area (Å²) in [4.78, 5) is 0. The highest BCUT2D eigenvalue weighted by Gasteiger charge is 2.22. The molecule has 1 rings (SSSR count). The molecule has 1 aliphatic heterocycles. The van der Waals surface area contributed by atoms with Gasteiger partial charge in [0.2, 0.25) is 0 Å². The average molecular weight is 198 g/mol. The van der Waals surface area contributed by atoms with Gasteiger partial charge in [0.25, 0.3) is 0 Å². The molecule has 1 N–H and O–H groups in total. The molecule has 2 nitrogen and oxygen atoms in total.